The molecule has 0 spiro atoms. The van der Waals surface area contributed by atoms with Crippen LogP contribution in [0.15, 0.2) is 82.6 Å². The third-order valence-corrected chi connectivity index (χ3v) is 7.19. The minimum atomic E-state index is -1.82. The lowest BCUT2D eigenvalue weighted by molar-refractivity contribution is -0.159. The van der Waals surface area contributed by atoms with Gasteiger partial charge >= 0.3 is 11.9 Å². The number of hydrogen-bond acceptors (Lipinski definition) is 6. The Morgan fingerprint density at radius 1 is 0.919 bits per heavy atom. The number of carboxylic acids is 2. The highest BCUT2D eigenvalue weighted by Crippen LogP contribution is 2.47. The quantitative estimate of drug-likeness (QED) is 0.231. The zero-order valence-electron chi connectivity index (χ0n) is 20.8. The smallest absolute Gasteiger partial charge is 0.414 e. The van der Waals surface area contributed by atoms with Crippen molar-refractivity contribution in [2.24, 2.45) is 5.92 Å². The van der Waals surface area contributed by atoms with Crippen LogP contribution in [0, 0.1) is 12.8 Å². The van der Waals surface area contributed by atoms with Crippen LogP contribution in [-0.4, -0.2) is 51.3 Å². The molecule has 0 radical (unpaired) electrons. The van der Waals surface area contributed by atoms with Gasteiger partial charge in [-0.1, -0.05) is 55.1 Å². The Balaban J connectivity index is 0.000000480. The Kier molecular flexibility index (Phi) is 8.47. The summed E-state index contributed by atoms with van der Waals surface area (Å²) in [7, 11) is 0. The van der Waals surface area contributed by atoms with E-state index in [1.807, 2.05) is 11.8 Å². The van der Waals surface area contributed by atoms with Gasteiger partial charge in [0.15, 0.2) is 0 Å². The molecule has 5 rings (SSSR count). The van der Waals surface area contributed by atoms with Crippen LogP contribution in [0.1, 0.15) is 12.7 Å². The Hall–Kier alpha value is -3.82. The fourth-order valence-electron chi connectivity index (χ4n) is 4.37. The molecular formula is C28H30N4O4S. The SMILES string of the molecule is Cc1nc2ccccc2n1CCNCC(C)CN1c2ccccc2Sc2ccccc21.O=C(O)C(=O)O. The average Bonchev–Trinajstić information content (AvgIpc) is 3.21. The summed E-state index contributed by atoms with van der Waals surface area (Å²) in [6, 6.07) is 25.8. The number of nitrogens with zero attached hydrogens (tertiary/aromatic N) is 3. The van der Waals surface area contributed by atoms with Crippen LogP contribution in [0.4, 0.5) is 11.4 Å². The number of nitrogens with one attached hydrogen (secondary N) is 1. The lowest BCUT2D eigenvalue weighted by atomic mass is 10.1. The van der Waals surface area contributed by atoms with Gasteiger partial charge < -0.3 is 25.0 Å². The summed E-state index contributed by atoms with van der Waals surface area (Å²) in [4.78, 5) is 28.0. The van der Waals surface area contributed by atoms with Crippen molar-refractivity contribution in [3.05, 3.63) is 78.6 Å². The summed E-state index contributed by atoms with van der Waals surface area (Å²) in [5.74, 6) is -2.05. The Morgan fingerprint density at radius 3 is 2.11 bits per heavy atom. The average molecular weight is 519 g/mol. The molecule has 0 saturated carbocycles. The molecule has 1 aliphatic heterocycles. The van der Waals surface area contributed by atoms with Crippen molar-refractivity contribution in [3.63, 3.8) is 0 Å². The Bertz CT molecular complexity index is 1350. The first-order chi connectivity index (χ1) is 17.8. The lowest BCUT2D eigenvalue weighted by Crippen LogP contribution is -2.33. The van der Waals surface area contributed by atoms with Crippen LogP contribution in [0.5, 0.6) is 0 Å². The van der Waals surface area contributed by atoms with Crippen molar-refractivity contribution >= 4 is 46.1 Å². The highest BCUT2D eigenvalue weighted by Gasteiger charge is 2.23. The van der Waals surface area contributed by atoms with Crippen molar-refractivity contribution in [2.45, 2.75) is 30.2 Å². The number of rotatable bonds is 7. The molecule has 3 N–H and O–H groups in total. The van der Waals surface area contributed by atoms with Crippen molar-refractivity contribution in [3.8, 4) is 0 Å². The predicted octanol–water partition coefficient (Wildman–Crippen LogP) is 5.03. The monoisotopic (exact) mass is 518 g/mol. The van der Waals surface area contributed by atoms with E-state index in [1.165, 1.54) is 26.7 Å². The molecular weight excluding hydrogens is 488 g/mol. The molecule has 3 aromatic carbocycles. The van der Waals surface area contributed by atoms with Gasteiger partial charge in [-0.3, -0.25) is 0 Å². The van der Waals surface area contributed by atoms with Crippen molar-refractivity contribution in [2.75, 3.05) is 24.5 Å². The summed E-state index contributed by atoms with van der Waals surface area (Å²) in [6.07, 6.45) is 0. The first-order valence-corrected chi connectivity index (χ1v) is 12.9. The van der Waals surface area contributed by atoms with E-state index < -0.39 is 11.9 Å². The molecule has 1 aromatic heterocycles. The van der Waals surface area contributed by atoms with E-state index in [0.717, 1.165) is 37.5 Å². The van der Waals surface area contributed by atoms with Gasteiger partial charge in [-0.25, -0.2) is 14.6 Å². The number of aryl methyl sites for hydroxylation is 1. The van der Waals surface area contributed by atoms with E-state index in [2.05, 4.69) is 106 Å². The molecule has 192 valence electrons. The minimum absolute atomic E-state index is 0.518. The molecule has 1 unspecified atom stereocenters. The van der Waals surface area contributed by atoms with Crippen LogP contribution in [0.25, 0.3) is 11.0 Å². The molecule has 1 aliphatic rings. The molecule has 1 atom stereocenters. The van der Waals surface area contributed by atoms with Crippen molar-refractivity contribution in [1.82, 2.24) is 14.9 Å². The van der Waals surface area contributed by atoms with E-state index in [-0.39, 0.29) is 0 Å². The normalized spacial score (nSPS) is 12.8. The van der Waals surface area contributed by atoms with Crippen LogP contribution < -0.4 is 10.2 Å². The molecule has 37 heavy (non-hydrogen) atoms. The summed E-state index contributed by atoms with van der Waals surface area (Å²) in [5, 5.41) is 18.5. The Morgan fingerprint density at radius 2 is 1.49 bits per heavy atom. The van der Waals surface area contributed by atoms with Gasteiger partial charge in [0.1, 0.15) is 5.82 Å². The summed E-state index contributed by atoms with van der Waals surface area (Å²) in [6.45, 7) is 8.28. The fraction of sp³-hybridized carbons (Fsp3) is 0.250. The molecule has 0 fully saturated rings. The van der Waals surface area contributed by atoms with Crippen molar-refractivity contribution in [1.29, 1.82) is 0 Å². The largest absolute Gasteiger partial charge is 0.473 e. The number of benzene rings is 3. The third kappa shape index (κ3) is 6.31. The van der Waals surface area contributed by atoms with E-state index in [9.17, 15) is 0 Å². The molecule has 4 aromatic rings. The van der Waals surface area contributed by atoms with Crippen LogP contribution in [0.2, 0.25) is 0 Å². The number of aromatic nitrogens is 2. The van der Waals surface area contributed by atoms with E-state index >= 15 is 0 Å². The Labute approximate surface area is 219 Å². The predicted molar refractivity (Wildman–Crippen MR) is 146 cm³/mol. The maximum absolute atomic E-state index is 9.10. The second kappa shape index (κ2) is 11.9. The molecule has 0 aliphatic carbocycles. The highest BCUT2D eigenvalue weighted by atomic mass is 32.2. The third-order valence-electron chi connectivity index (χ3n) is 6.06. The van der Waals surface area contributed by atoms with Gasteiger partial charge in [0.25, 0.3) is 0 Å². The topological polar surface area (TPSA) is 108 Å². The highest BCUT2D eigenvalue weighted by molar-refractivity contribution is 7.99. The minimum Gasteiger partial charge on any atom is -0.473 e. The van der Waals surface area contributed by atoms with Crippen LogP contribution in [-0.2, 0) is 16.1 Å². The summed E-state index contributed by atoms with van der Waals surface area (Å²) in [5.41, 5.74) is 4.93. The maximum Gasteiger partial charge on any atom is 0.414 e. The lowest BCUT2D eigenvalue weighted by Gasteiger charge is -2.34. The molecule has 9 heteroatoms. The second-order valence-corrected chi connectivity index (χ2v) is 9.95. The van der Waals surface area contributed by atoms with Crippen LogP contribution >= 0.6 is 11.8 Å². The number of carbonyl (C=O) groups is 2. The van der Waals surface area contributed by atoms with E-state index in [4.69, 9.17) is 19.8 Å². The molecule has 0 amide bonds. The number of fused-ring (bicyclic) bond motifs is 3. The first-order valence-electron chi connectivity index (χ1n) is 12.1. The summed E-state index contributed by atoms with van der Waals surface area (Å²) < 4.78 is 2.31. The number of imidazole rings is 1. The number of anilines is 2. The number of para-hydroxylation sites is 4. The zero-order chi connectivity index (χ0) is 26.4. The van der Waals surface area contributed by atoms with Crippen LogP contribution in [0.3, 0.4) is 0 Å². The van der Waals surface area contributed by atoms with E-state index in [1.54, 1.807) is 0 Å². The molecule has 0 saturated heterocycles. The fourth-order valence-corrected chi connectivity index (χ4v) is 5.47. The van der Waals surface area contributed by atoms with Gasteiger partial charge in [-0.2, -0.15) is 0 Å². The number of hydrogen-bond donors (Lipinski definition) is 3. The standard InChI is InChI=1S/C26H28N4S.C2H2O4/c1-19(17-27-15-16-29-20(2)28-21-9-3-4-10-22(21)29)18-30-23-11-5-7-13-25(23)31-26-14-8-6-12-24(26)30;3-1(4)2(5)6/h3-14,19,27H,15-18H2,1-2H3;(H,3,4)(H,5,6). The molecule has 8 nitrogen and oxygen atoms in total. The van der Waals surface area contributed by atoms with Gasteiger partial charge in [0, 0.05) is 29.4 Å². The maximum atomic E-state index is 9.10. The number of carboxylic acid groups (broad SMARTS) is 2. The second-order valence-electron chi connectivity index (χ2n) is 8.87. The van der Waals surface area contributed by atoms with Crippen molar-refractivity contribution < 1.29 is 19.8 Å². The molecule has 0 bridgehead atoms. The van der Waals surface area contributed by atoms with Gasteiger partial charge in [-0.15, -0.1) is 0 Å². The zero-order valence-corrected chi connectivity index (χ0v) is 21.6. The van der Waals surface area contributed by atoms with Gasteiger partial charge in [0.05, 0.1) is 22.4 Å². The number of aliphatic carboxylic acids is 2. The first kappa shape index (κ1) is 26.2. The van der Waals surface area contributed by atoms with Gasteiger partial charge in [0.2, 0.25) is 0 Å². The van der Waals surface area contributed by atoms with Gasteiger partial charge in [-0.05, 0) is 55.8 Å². The summed E-state index contributed by atoms with van der Waals surface area (Å²) >= 11 is 1.87. The molecule has 2 heterocycles. The van der Waals surface area contributed by atoms with E-state index in [0.29, 0.717) is 5.92 Å².